The van der Waals surface area contributed by atoms with Gasteiger partial charge in [-0.15, -0.1) is 11.3 Å². The predicted octanol–water partition coefficient (Wildman–Crippen LogP) is 2.10. The first-order valence-corrected chi connectivity index (χ1v) is 5.30. The molecule has 2 aromatic rings. The van der Waals surface area contributed by atoms with Crippen LogP contribution >= 0.6 is 11.3 Å². The van der Waals surface area contributed by atoms with Gasteiger partial charge in [0.25, 0.3) is 5.91 Å². The summed E-state index contributed by atoms with van der Waals surface area (Å²) in [5.41, 5.74) is 13.4. The SMILES string of the molecule is NC(=O)c1sccc1-c1ccccc1N. The lowest BCUT2D eigenvalue weighted by Crippen LogP contribution is -2.10. The highest BCUT2D eigenvalue weighted by molar-refractivity contribution is 7.12. The van der Waals surface area contributed by atoms with Gasteiger partial charge >= 0.3 is 0 Å². The van der Waals surface area contributed by atoms with E-state index in [9.17, 15) is 4.79 Å². The minimum atomic E-state index is -0.414. The van der Waals surface area contributed by atoms with E-state index in [1.165, 1.54) is 11.3 Å². The number of para-hydroxylation sites is 1. The van der Waals surface area contributed by atoms with Crippen LogP contribution in [0.2, 0.25) is 0 Å². The quantitative estimate of drug-likeness (QED) is 0.758. The zero-order valence-corrected chi connectivity index (χ0v) is 8.75. The molecule has 3 nitrogen and oxygen atoms in total. The van der Waals surface area contributed by atoms with E-state index in [0.29, 0.717) is 10.6 Å². The zero-order chi connectivity index (χ0) is 10.8. The smallest absolute Gasteiger partial charge is 0.259 e. The van der Waals surface area contributed by atoms with Crippen molar-refractivity contribution in [2.24, 2.45) is 5.73 Å². The van der Waals surface area contributed by atoms with Gasteiger partial charge in [0.05, 0.1) is 4.88 Å². The first kappa shape index (κ1) is 9.73. The number of anilines is 1. The number of carbonyl (C=O) groups is 1. The molecule has 0 bridgehead atoms. The van der Waals surface area contributed by atoms with Crippen molar-refractivity contribution in [1.82, 2.24) is 0 Å². The number of rotatable bonds is 2. The minimum absolute atomic E-state index is 0.414. The number of hydrogen-bond donors (Lipinski definition) is 2. The number of nitrogens with two attached hydrogens (primary N) is 2. The van der Waals surface area contributed by atoms with Gasteiger partial charge in [0.1, 0.15) is 0 Å². The molecule has 0 radical (unpaired) electrons. The number of thiophene rings is 1. The normalized spacial score (nSPS) is 10.1. The van der Waals surface area contributed by atoms with Crippen LogP contribution in [0.3, 0.4) is 0 Å². The predicted molar refractivity (Wildman–Crippen MR) is 62.7 cm³/mol. The molecule has 1 heterocycles. The first-order chi connectivity index (χ1) is 7.20. The first-order valence-electron chi connectivity index (χ1n) is 4.42. The number of amides is 1. The monoisotopic (exact) mass is 218 g/mol. The molecule has 0 fully saturated rings. The summed E-state index contributed by atoms with van der Waals surface area (Å²) in [7, 11) is 0. The highest BCUT2D eigenvalue weighted by Gasteiger charge is 2.12. The Kier molecular flexibility index (Phi) is 2.43. The highest BCUT2D eigenvalue weighted by atomic mass is 32.1. The lowest BCUT2D eigenvalue weighted by molar-refractivity contribution is 0.100. The molecule has 4 N–H and O–H groups in total. The molecule has 1 amide bonds. The Labute approximate surface area is 91.3 Å². The largest absolute Gasteiger partial charge is 0.398 e. The molecule has 0 spiro atoms. The Bertz CT molecular complexity index is 505. The number of carbonyl (C=O) groups excluding carboxylic acids is 1. The van der Waals surface area contributed by atoms with Gasteiger partial charge in [0.15, 0.2) is 0 Å². The van der Waals surface area contributed by atoms with Gasteiger partial charge < -0.3 is 11.5 Å². The molecule has 0 aliphatic heterocycles. The van der Waals surface area contributed by atoms with Gasteiger partial charge in [0.2, 0.25) is 0 Å². The molecular weight excluding hydrogens is 208 g/mol. The molecule has 15 heavy (non-hydrogen) atoms. The van der Waals surface area contributed by atoms with Crippen LogP contribution < -0.4 is 11.5 Å². The van der Waals surface area contributed by atoms with E-state index in [1.54, 1.807) is 6.07 Å². The second kappa shape index (κ2) is 3.74. The molecule has 76 valence electrons. The number of primary amides is 1. The standard InChI is InChI=1S/C11H10N2OS/c12-9-4-2-1-3-7(9)8-5-6-15-10(8)11(13)14/h1-6H,12H2,(H2,13,14). The van der Waals surface area contributed by atoms with Crippen LogP contribution in [0.1, 0.15) is 9.67 Å². The summed E-state index contributed by atoms with van der Waals surface area (Å²) in [6.45, 7) is 0. The molecule has 1 aromatic carbocycles. The van der Waals surface area contributed by atoms with Crippen LogP contribution in [-0.2, 0) is 0 Å². The summed E-state index contributed by atoms with van der Waals surface area (Å²) in [4.78, 5) is 11.7. The molecule has 2 rings (SSSR count). The Morgan fingerprint density at radius 1 is 1.13 bits per heavy atom. The fraction of sp³-hybridized carbons (Fsp3) is 0. The third kappa shape index (κ3) is 1.71. The molecule has 0 aliphatic rings. The number of benzene rings is 1. The molecule has 0 atom stereocenters. The van der Waals surface area contributed by atoms with E-state index < -0.39 is 5.91 Å². The second-order valence-corrected chi connectivity index (χ2v) is 4.03. The van der Waals surface area contributed by atoms with E-state index in [-0.39, 0.29) is 0 Å². The highest BCUT2D eigenvalue weighted by Crippen LogP contribution is 2.31. The molecule has 0 saturated heterocycles. The van der Waals surface area contributed by atoms with Gasteiger partial charge in [-0.1, -0.05) is 18.2 Å². The lowest BCUT2D eigenvalue weighted by Gasteiger charge is -2.04. The van der Waals surface area contributed by atoms with Crippen LogP contribution in [0.4, 0.5) is 5.69 Å². The van der Waals surface area contributed by atoms with Crippen LogP contribution in [0.15, 0.2) is 35.7 Å². The second-order valence-electron chi connectivity index (χ2n) is 3.11. The Hall–Kier alpha value is -1.81. The summed E-state index contributed by atoms with van der Waals surface area (Å²) in [5.74, 6) is -0.414. The number of hydrogen-bond acceptors (Lipinski definition) is 3. The van der Waals surface area contributed by atoms with E-state index in [2.05, 4.69) is 0 Å². The Morgan fingerprint density at radius 3 is 2.53 bits per heavy atom. The molecule has 0 saturated carbocycles. The van der Waals surface area contributed by atoms with Gasteiger partial charge in [-0.2, -0.15) is 0 Å². The van der Waals surface area contributed by atoms with Crippen LogP contribution in [0.5, 0.6) is 0 Å². The van der Waals surface area contributed by atoms with Crippen LogP contribution in [0.25, 0.3) is 11.1 Å². The van der Waals surface area contributed by atoms with E-state index in [1.807, 2.05) is 29.6 Å². The van der Waals surface area contributed by atoms with Gasteiger partial charge in [-0.3, -0.25) is 4.79 Å². The zero-order valence-electron chi connectivity index (χ0n) is 7.94. The minimum Gasteiger partial charge on any atom is -0.398 e. The van der Waals surface area contributed by atoms with Crippen molar-refractivity contribution < 1.29 is 4.79 Å². The number of nitrogen functional groups attached to an aromatic ring is 1. The fourth-order valence-corrected chi connectivity index (χ4v) is 2.22. The molecule has 4 heteroatoms. The maximum atomic E-state index is 11.2. The van der Waals surface area contributed by atoms with E-state index in [4.69, 9.17) is 11.5 Å². The molecule has 0 unspecified atom stereocenters. The Morgan fingerprint density at radius 2 is 1.87 bits per heavy atom. The van der Waals surface area contributed by atoms with Gasteiger partial charge in [0, 0.05) is 16.8 Å². The summed E-state index contributed by atoms with van der Waals surface area (Å²) in [5, 5.41) is 1.84. The Balaban J connectivity index is 2.59. The van der Waals surface area contributed by atoms with Crippen molar-refractivity contribution in [2.75, 3.05) is 5.73 Å². The van der Waals surface area contributed by atoms with Crippen molar-refractivity contribution in [3.05, 3.63) is 40.6 Å². The average Bonchev–Trinajstić information content (AvgIpc) is 2.67. The van der Waals surface area contributed by atoms with Gasteiger partial charge in [-0.05, 0) is 17.5 Å². The van der Waals surface area contributed by atoms with E-state index >= 15 is 0 Å². The third-order valence-corrected chi connectivity index (χ3v) is 3.07. The van der Waals surface area contributed by atoms with Crippen molar-refractivity contribution >= 4 is 22.9 Å². The van der Waals surface area contributed by atoms with Gasteiger partial charge in [-0.25, -0.2) is 0 Å². The van der Waals surface area contributed by atoms with Crippen LogP contribution in [0, 0.1) is 0 Å². The summed E-state index contributed by atoms with van der Waals surface area (Å²) in [6, 6.07) is 9.28. The summed E-state index contributed by atoms with van der Waals surface area (Å²) < 4.78 is 0. The van der Waals surface area contributed by atoms with Crippen molar-refractivity contribution in [1.29, 1.82) is 0 Å². The topological polar surface area (TPSA) is 69.1 Å². The maximum Gasteiger partial charge on any atom is 0.259 e. The lowest BCUT2D eigenvalue weighted by atomic mass is 10.0. The summed E-state index contributed by atoms with van der Waals surface area (Å²) in [6.07, 6.45) is 0. The molecule has 0 aliphatic carbocycles. The molecule has 1 aromatic heterocycles. The van der Waals surface area contributed by atoms with Crippen LogP contribution in [-0.4, -0.2) is 5.91 Å². The van der Waals surface area contributed by atoms with Crippen molar-refractivity contribution in [2.45, 2.75) is 0 Å². The fourth-order valence-electron chi connectivity index (χ4n) is 1.45. The summed E-state index contributed by atoms with van der Waals surface area (Å²) >= 11 is 1.33. The average molecular weight is 218 g/mol. The van der Waals surface area contributed by atoms with Crippen molar-refractivity contribution in [3.63, 3.8) is 0 Å². The third-order valence-electron chi connectivity index (χ3n) is 2.14. The molecular formula is C11H10N2OS. The van der Waals surface area contributed by atoms with E-state index in [0.717, 1.165) is 11.1 Å². The maximum absolute atomic E-state index is 11.2. The van der Waals surface area contributed by atoms with Crippen molar-refractivity contribution in [3.8, 4) is 11.1 Å².